The maximum Gasteiger partial charge on any atom is 0.224 e. The fourth-order valence-corrected chi connectivity index (χ4v) is 5.56. The molecule has 44 heavy (non-hydrogen) atoms. The third kappa shape index (κ3) is 5.88. The summed E-state index contributed by atoms with van der Waals surface area (Å²) in [5.41, 5.74) is 3.66. The summed E-state index contributed by atoms with van der Waals surface area (Å²) in [5.74, 6) is -1.25. The van der Waals surface area contributed by atoms with Crippen molar-refractivity contribution in [1.29, 1.82) is 0 Å². The molecule has 11 nitrogen and oxygen atoms in total. The number of sulfone groups is 1. The highest BCUT2D eigenvalue weighted by molar-refractivity contribution is 7.90. The molecular weight excluding hydrogens is 590 g/mol. The number of rotatable bonds is 9. The van der Waals surface area contributed by atoms with Crippen LogP contribution >= 0.6 is 0 Å². The molecule has 0 radical (unpaired) electrons. The van der Waals surface area contributed by atoms with E-state index in [-0.39, 0.29) is 40.7 Å². The number of aromatic nitrogens is 7. The standard InChI is InChI=1S/C30H26F2N8O3S/c1-3-4-23(41)36-20-12-18(13-33-14-20)26-25(32)24-22(15-35-26)39-40-28(24)30-37-27-21(5-7-34-29(27)38-30)17-9-16(10-19(31)11-17)6-8-44(2,42)43/h5,7,9-15H,3-4,6,8H2,1-2H3,(H,36,41)(H,39,40)(H,34,37,38). The van der Waals surface area contributed by atoms with Crippen molar-refractivity contribution in [2.24, 2.45) is 0 Å². The van der Waals surface area contributed by atoms with Crippen molar-refractivity contribution in [3.63, 3.8) is 0 Å². The van der Waals surface area contributed by atoms with E-state index in [0.29, 0.717) is 57.5 Å². The number of anilines is 1. The molecule has 0 unspecified atom stereocenters. The normalized spacial score (nSPS) is 11.8. The fourth-order valence-electron chi connectivity index (χ4n) is 4.95. The smallest absolute Gasteiger partial charge is 0.224 e. The third-order valence-electron chi connectivity index (χ3n) is 6.96. The summed E-state index contributed by atoms with van der Waals surface area (Å²) >= 11 is 0. The van der Waals surface area contributed by atoms with Crippen LogP contribution < -0.4 is 5.32 Å². The lowest BCUT2D eigenvalue weighted by Crippen LogP contribution is -2.10. The molecule has 0 aliphatic heterocycles. The van der Waals surface area contributed by atoms with Gasteiger partial charge in [0, 0.05) is 36.2 Å². The van der Waals surface area contributed by atoms with Gasteiger partial charge in [-0.1, -0.05) is 13.0 Å². The minimum Gasteiger partial charge on any atom is -0.335 e. The number of imidazole rings is 1. The van der Waals surface area contributed by atoms with Crippen molar-refractivity contribution in [2.75, 3.05) is 17.3 Å². The van der Waals surface area contributed by atoms with E-state index in [1.54, 1.807) is 18.2 Å². The molecule has 0 saturated heterocycles. The summed E-state index contributed by atoms with van der Waals surface area (Å²) in [6.07, 6.45) is 8.22. The number of nitrogens with zero attached hydrogens (tertiary/aromatic N) is 5. The van der Waals surface area contributed by atoms with E-state index in [2.05, 4.69) is 40.4 Å². The Bertz CT molecular complexity index is 2160. The molecule has 0 fully saturated rings. The van der Waals surface area contributed by atoms with Crippen LogP contribution in [0, 0.1) is 11.6 Å². The Labute approximate surface area is 250 Å². The van der Waals surface area contributed by atoms with E-state index in [9.17, 15) is 17.6 Å². The first-order valence-corrected chi connectivity index (χ1v) is 15.8. The quantitative estimate of drug-likeness (QED) is 0.199. The minimum absolute atomic E-state index is 0.00977. The van der Waals surface area contributed by atoms with Crippen molar-refractivity contribution < 1.29 is 22.0 Å². The van der Waals surface area contributed by atoms with E-state index in [1.165, 1.54) is 36.9 Å². The molecule has 1 aromatic carbocycles. The molecule has 0 saturated carbocycles. The molecule has 5 aromatic heterocycles. The summed E-state index contributed by atoms with van der Waals surface area (Å²) < 4.78 is 54.0. The molecule has 224 valence electrons. The zero-order valence-electron chi connectivity index (χ0n) is 23.6. The highest BCUT2D eigenvalue weighted by Crippen LogP contribution is 2.34. The first-order valence-electron chi connectivity index (χ1n) is 13.7. The molecule has 0 atom stereocenters. The number of halogens is 2. The van der Waals surface area contributed by atoms with Crippen LogP contribution in [0.1, 0.15) is 25.3 Å². The molecule has 1 amide bonds. The number of benzene rings is 1. The number of aryl methyl sites for hydroxylation is 1. The van der Waals surface area contributed by atoms with Crippen LogP contribution in [-0.4, -0.2) is 61.5 Å². The molecule has 0 bridgehead atoms. The van der Waals surface area contributed by atoms with Gasteiger partial charge < -0.3 is 10.3 Å². The number of hydrogen-bond donors (Lipinski definition) is 3. The molecule has 0 spiro atoms. The molecule has 14 heteroatoms. The van der Waals surface area contributed by atoms with Gasteiger partial charge in [-0.3, -0.25) is 19.9 Å². The molecule has 0 aliphatic rings. The van der Waals surface area contributed by atoms with E-state index in [4.69, 9.17) is 0 Å². The average molecular weight is 617 g/mol. The van der Waals surface area contributed by atoms with Crippen LogP contribution in [0.25, 0.3) is 56.0 Å². The van der Waals surface area contributed by atoms with Crippen LogP contribution in [0.3, 0.4) is 0 Å². The first kappa shape index (κ1) is 29.0. The van der Waals surface area contributed by atoms with Gasteiger partial charge in [0.15, 0.2) is 17.3 Å². The molecule has 3 N–H and O–H groups in total. The lowest BCUT2D eigenvalue weighted by atomic mass is 10.0. The van der Waals surface area contributed by atoms with Gasteiger partial charge in [-0.05, 0) is 48.2 Å². The van der Waals surface area contributed by atoms with Crippen LogP contribution in [0.5, 0.6) is 0 Å². The monoisotopic (exact) mass is 616 g/mol. The predicted molar refractivity (Wildman–Crippen MR) is 162 cm³/mol. The number of carbonyl (C=O) groups is 1. The lowest BCUT2D eigenvalue weighted by Gasteiger charge is -2.08. The summed E-state index contributed by atoms with van der Waals surface area (Å²) in [6, 6.07) is 7.65. The number of fused-ring (bicyclic) bond motifs is 2. The molecule has 5 heterocycles. The van der Waals surface area contributed by atoms with Gasteiger partial charge in [-0.2, -0.15) is 5.10 Å². The number of pyridine rings is 3. The Morgan fingerprint density at radius 1 is 1.02 bits per heavy atom. The van der Waals surface area contributed by atoms with Gasteiger partial charge in [0.05, 0.1) is 40.3 Å². The van der Waals surface area contributed by atoms with Crippen LogP contribution in [0.4, 0.5) is 14.5 Å². The number of hydrogen-bond acceptors (Lipinski definition) is 8. The summed E-state index contributed by atoms with van der Waals surface area (Å²) in [6.45, 7) is 1.89. The van der Waals surface area contributed by atoms with Crippen molar-refractivity contribution in [3.8, 4) is 33.9 Å². The van der Waals surface area contributed by atoms with Crippen molar-refractivity contribution in [2.45, 2.75) is 26.2 Å². The maximum absolute atomic E-state index is 16.1. The zero-order chi connectivity index (χ0) is 31.0. The fraction of sp³-hybridized carbons (Fsp3) is 0.200. The SMILES string of the molecule is CCCC(=O)Nc1cncc(-c2ncc3[nH]nc(-c4nc5nccc(-c6cc(F)cc(CCS(C)(=O)=O)c6)c5[nH]4)c3c2F)c1. The largest absolute Gasteiger partial charge is 0.335 e. The van der Waals surface area contributed by atoms with Crippen LogP contribution in [-0.2, 0) is 21.1 Å². The lowest BCUT2D eigenvalue weighted by molar-refractivity contribution is -0.116. The summed E-state index contributed by atoms with van der Waals surface area (Å²) in [4.78, 5) is 32.5. The third-order valence-corrected chi connectivity index (χ3v) is 7.91. The Kier molecular flexibility index (Phi) is 7.59. The highest BCUT2D eigenvalue weighted by Gasteiger charge is 2.22. The maximum atomic E-state index is 16.1. The van der Waals surface area contributed by atoms with Gasteiger partial charge in [0.1, 0.15) is 27.0 Å². The van der Waals surface area contributed by atoms with E-state index >= 15 is 4.39 Å². The van der Waals surface area contributed by atoms with E-state index < -0.39 is 21.5 Å². The minimum atomic E-state index is -3.23. The zero-order valence-corrected chi connectivity index (χ0v) is 24.5. The molecule has 0 aliphatic carbocycles. The Morgan fingerprint density at radius 3 is 2.66 bits per heavy atom. The number of nitrogens with one attached hydrogen (secondary N) is 3. The van der Waals surface area contributed by atoms with Crippen molar-refractivity contribution >= 4 is 43.5 Å². The number of amides is 1. The van der Waals surface area contributed by atoms with Crippen molar-refractivity contribution in [3.05, 3.63) is 72.3 Å². The van der Waals surface area contributed by atoms with E-state index in [1.807, 2.05) is 6.92 Å². The first-order chi connectivity index (χ1) is 21.1. The highest BCUT2D eigenvalue weighted by atomic mass is 32.2. The molecular formula is C30H26F2N8O3S. The Balaban J connectivity index is 1.40. The summed E-state index contributed by atoms with van der Waals surface area (Å²) in [7, 11) is -3.23. The predicted octanol–water partition coefficient (Wildman–Crippen LogP) is 5.23. The molecule has 6 rings (SSSR count). The van der Waals surface area contributed by atoms with Gasteiger partial charge in [0.25, 0.3) is 0 Å². The number of aromatic amines is 2. The Hall–Kier alpha value is -5.11. The van der Waals surface area contributed by atoms with Gasteiger partial charge in [0.2, 0.25) is 5.91 Å². The Morgan fingerprint density at radius 2 is 1.86 bits per heavy atom. The summed E-state index contributed by atoms with van der Waals surface area (Å²) in [5, 5.41) is 9.96. The van der Waals surface area contributed by atoms with E-state index in [0.717, 1.165) is 6.26 Å². The van der Waals surface area contributed by atoms with Gasteiger partial charge >= 0.3 is 0 Å². The van der Waals surface area contributed by atoms with Gasteiger partial charge in [-0.15, -0.1) is 0 Å². The molecule has 6 aromatic rings. The van der Waals surface area contributed by atoms with Crippen LogP contribution in [0.2, 0.25) is 0 Å². The second-order valence-electron chi connectivity index (χ2n) is 10.4. The second-order valence-corrected chi connectivity index (χ2v) is 12.7. The topological polar surface area (TPSA) is 159 Å². The number of carbonyl (C=O) groups excluding carboxylic acids is 1. The second kappa shape index (κ2) is 11.5. The van der Waals surface area contributed by atoms with Gasteiger partial charge in [-0.25, -0.2) is 27.2 Å². The average Bonchev–Trinajstić information content (AvgIpc) is 3.61. The van der Waals surface area contributed by atoms with Crippen molar-refractivity contribution in [1.82, 2.24) is 35.1 Å². The number of H-pyrrole nitrogens is 2. The van der Waals surface area contributed by atoms with Crippen LogP contribution in [0.15, 0.2) is 55.1 Å².